The van der Waals surface area contributed by atoms with Crippen LogP contribution in [-0.2, 0) is 0 Å². The maximum Gasteiger partial charge on any atom is 0.0749 e. The fourth-order valence-corrected chi connectivity index (χ4v) is 1.49. The maximum absolute atomic E-state index is 5.60. The first kappa shape index (κ1) is 13.0. The van der Waals surface area contributed by atoms with Gasteiger partial charge in [-0.05, 0) is 45.0 Å². The number of hydrogen-bond donors (Lipinski definition) is 2. The molecule has 0 aliphatic carbocycles. The molecule has 1 heterocycles. The summed E-state index contributed by atoms with van der Waals surface area (Å²) < 4.78 is 0. The highest BCUT2D eigenvalue weighted by Crippen LogP contribution is 2.16. The van der Waals surface area contributed by atoms with Crippen molar-refractivity contribution in [2.75, 3.05) is 6.54 Å². The predicted octanol–water partition coefficient (Wildman–Crippen LogP) is 1.86. The summed E-state index contributed by atoms with van der Waals surface area (Å²) in [6.07, 6.45) is 7.46. The Hall–Kier alpha value is -1.07. The van der Waals surface area contributed by atoms with Crippen LogP contribution in [-0.4, -0.2) is 24.5 Å². The Balaban J connectivity index is 2.98. The van der Waals surface area contributed by atoms with Gasteiger partial charge in [-0.1, -0.05) is 0 Å². The standard InChI is InChI=1S/C11H18N4S/c1-4-13-8-10(16-12)9-7-15-11(2,3)5-6-14-9/h5-8,14H,4,12H2,1-3H3. The smallest absolute Gasteiger partial charge is 0.0749 e. The van der Waals surface area contributed by atoms with Gasteiger partial charge in [0, 0.05) is 19.0 Å². The molecule has 0 saturated heterocycles. The van der Waals surface area contributed by atoms with Gasteiger partial charge in [0.05, 0.1) is 16.1 Å². The van der Waals surface area contributed by atoms with Gasteiger partial charge in [0.25, 0.3) is 0 Å². The Morgan fingerprint density at radius 1 is 1.69 bits per heavy atom. The van der Waals surface area contributed by atoms with E-state index in [-0.39, 0.29) is 5.54 Å². The van der Waals surface area contributed by atoms with Crippen molar-refractivity contribution in [3.63, 3.8) is 0 Å². The van der Waals surface area contributed by atoms with Crippen LogP contribution < -0.4 is 10.5 Å². The van der Waals surface area contributed by atoms with E-state index in [9.17, 15) is 0 Å². The molecule has 0 amide bonds. The number of rotatable bonds is 3. The fraction of sp³-hybridized carbons (Fsp3) is 0.455. The van der Waals surface area contributed by atoms with Gasteiger partial charge >= 0.3 is 0 Å². The lowest BCUT2D eigenvalue weighted by Gasteiger charge is -2.10. The minimum Gasteiger partial charge on any atom is -0.360 e. The van der Waals surface area contributed by atoms with Gasteiger partial charge in [-0.15, -0.1) is 0 Å². The van der Waals surface area contributed by atoms with Crippen LogP contribution in [0, 0.1) is 0 Å². The Kier molecular flexibility index (Phi) is 4.76. The highest BCUT2D eigenvalue weighted by Gasteiger charge is 2.13. The number of hydrogen-bond acceptors (Lipinski definition) is 5. The number of nitrogens with one attached hydrogen (secondary N) is 1. The van der Waals surface area contributed by atoms with E-state index < -0.39 is 0 Å². The van der Waals surface area contributed by atoms with Crippen LogP contribution in [0.2, 0.25) is 0 Å². The van der Waals surface area contributed by atoms with Crippen molar-refractivity contribution < 1.29 is 0 Å². The molecule has 16 heavy (non-hydrogen) atoms. The lowest BCUT2D eigenvalue weighted by atomic mass is 10.1. The molecule has 0 atom stereocenters. The van der Waals surface area contributed by atoms with Crippen LogP contribution in [0.5, 0.6) is 0 Å². The molecular formula is C11H18N4S. The Labute approximate surface area is 101 Å². The molecule has 88 valence electrons. The van der Waals surface area contributed by atoms with E-state index in [1.54, 1.807) is 12.4 Å². The number of nitrogens with zero attached hydrogens (tertiary/aromatic N) is 2. The summed E-state index contributed by atoms with van der Waals surface area (Å²) in [7, 11) is 0. The van der Waals surface area contributed by atoms with Gasteiger partial charge in [0.2, 0.25) is 0 Å². The molecule has 3 N–H and O–H groups in total. The Bertz CT molecular complexity index is 353. The largest absolute Gasteiger partial charge is 0.360 e. The van der Waals surface area contributed by atoms with Crippen molar-refractivity contribution in [3.05, 3.63) is 22.9 Å². The van der Waals surface area contributed by atoms with Crippen molar-refractivity contribution in [2.45, 2.75) is 26.3 Å². The zero-order chi connectivity index (χ0) is 12.0. The van der Waals surface area contributed by atoms with Crippen molar-refractivity contribution in [2.24, 2.45) is 15.1 Å². The van der Waals surface area contributed by atoms with Crippen molar-refractivity contribution in [3.8, 4) is 0 Å². The average molecular weight is 238 g/mol. The lowest BCUT2D eigenvalue weighted by Crippen LogP contribution is -2.11. The van der Waals surface area contributed by atoms with E-state index in [0.29, 0.717) is 0 Å². The molecule has 0 aromatic heterocycles. The number of allylic oxidation sites excluding steroid dienone is 2. The van der Waals surface area contributed by atoms with Crippen LogP contribution in [0.15, 0.2) is 32.9 Å². The molecule has 0 radical (unpaired) electrons. The van der Waals surface area contributed by atoms with Gasteiger partial charge in [0.1, 0.15) is 0 Å². The molecular weight excluding hydrogens is 220 g/mol. The molecule has 0 bridgehead atoms. The maximum atomic E-state index is 5.60. The van der Waals surface area contributed by atoms with E-state index in [0.717, 1.165) is 17.1 Å². The van der Waals surface area contributed by atoms with Crippen LogP contribution >= 0.6 is 11.9 Å². The van der Waals surface area contributed by atoms with E-state index in [4.69, 9.17) is 5.14 Å². The zero-order valence-electron chi connectivity index (χ0n) is 9.90. The van der Waals surface area contributed by atoms with Crippen molar-refractivity contribution in [1.29, 1.82) is 0 Å². The molecule has 0 aromatic carbocycles. The molecule has 1 rings (SSSR count). The summed E-state index contributed by atoms with van der Waals surface area (Å²) in [6.45, 7) is 6.81. The summed E-state index contributed by atoms with van der Waals surface area (Å²) in [5.74, 6) is 0. The van der Waals surface area contributed by atoms with Gasteiger partial charge < -0.3 is 5.32 Å². The highest BCUT2D eigenvalue weighted by molar-refractivity contribution is 8.01. The topological polar surface area (TPSA) is 62.8 Å². The zero-order valence-corrected chi connectivity index (χ0v) is 10.7. The number of aliphatic imine (C=N–C) groups is 2. The molecule has 0 aromatic rings. The first-order valence-electron chi connectivity index (χ1n) is 5.19. The molecule has 0 spiro atoms. The third-order valence-electron chi connectivity index (χ3n) is 2.04. The third-order valence-corrected chi connectivity index (χ3v) is 2.62. The normalized spacial score (nSPS) is 22.0. The van der Waals surface area contributed by atoms with Crippen LogP contribution in [0.4, 0.5) is 0 Å². The minimum atomic E-state index is -0.180. The van der Waals surface area contributed by atoms with E-state index in [1.807, 2.05) is 33.0 Å². The summed E-state index contributed by atoms with van der Waals surface area (Å²) in [5.41, 5.74) is 0.702. The van der Waals surface area contributed by atoms with E-state index in [1.165, 1.54) is 11.9 Å². The molecule has 0 unspecified atom stereocenters. The Morgan fingerprint density at radius 2 is 2.44 bits per heavy atom. The van der Waals surface area contributed by atoms with Crippen LogP contribution in [0.3, 0.4) is 0 Å². The molecule has 0 fully saturated rings. The molecule has 5 heteroatoms. The number of nitrogens with two attached hydrogens (primary N) is 1. The van der Waals surface area contributed by atoms with E-state index in [2.05, 4.69) is 15.3 Å². The van der Waals surface area contributed by atoms with Crippen molar-refractivity contribution in [1.82, 2.24) is 5.32 Å². The Morgan fingerprint density at radius 3 is 3.06 bits per heavy atom. The fourth-order valence-electron chi connectivity index (χ4n) is 1.12. The second-order valence-corrected chi connectivity index (χ2v) is 4.59. The minimum absolute atomic E-state index is 0.180. The van der Waals surface area contributed by atoms with Gasteiger partial charge in [-0.3, -0.25) is 15.1 Å². The summed E-state index contributed by atoms with van der Waals surface area (Å²) in [6, 6.07) is 0. The lowest BCUT2D eigenvalue weighted by molar-refractivity contribution is 0.661. The quantitative estimate of drug-likeness (QED) is 0.583. The highest BCUT2D eigenvalue weighted by atomic mass is 32.2. The summed E-state index contributed by atoms with van der Waals surface area (Å²) in [5, 5.41) is 8.76. The molecule has 1 aliphatic rings. The monoisotopic (exact) mass is 238 g/mol. The van der Waals surface area contributed by atoms with Crippen molar-refractivity contribution >= 4 is 24.4 Å². The predicted molar refractivity (Wildman–Crippen MR) is 72.7 cm³/mol. The second-order valence-electron chi connectivity index (χ2n) is 3.91. The second kappa shape index (κ2) is 5.86. The third kappa shape index (κ3) is 3.83. The molecule has 1 aliphatic heterocycles. The van der Waals surface area contributed by atoms with Crippen LogP contribution in [0.25, 0.3) is 0 Å². The van der Waals surface area contributed by atoms with Crippen LogP contribution in [0.1, 0.15) is 20.8 Å². The average Bonchev–Trinajstić information content (AvgIpc) is 2.41. The molecule has 4 nitrogen and oxygen atoms in total. The first-order valence-corrected chi connectivity index (χ1v) is 6.07. The summed E-state index contributed by atoms with van der Waals surface area (Å²) in [4.78, 5) is 9.51. The summed E-state index contributed by atoms with van der Waals surface area (Å²) >= 11 is 1.17. The SMILES string of the molecule is CCN=CC(SN)=C1C=NC(C)(C)C=CN1. The van der Waals surface area contributed by atoms with Gasteiger partial charge in [0.15, 0.2) is 0 Å². The molecule has 0 saturated carbocycles. The van der Waals surface area contributed by atoms with Gasteiger partial charge in [-0.2, -0.15) is 0 Å². The van der Waals surface area contributed by atoms with Gasteiger partial charge in [-0.25, -0.2) is 0 Å². The first-order chi connectivity index (χ1) is 7.59. The van der Waals surface area contributed by atoms with E-state index >= 15 is 0 Å².